The number of carboxylic acid groups (broad SMARTS) is 2. The quantitative estimate of drug-likeness (QED) is 0.154. The molecule has 0 aliphatic carbocycles. The van der Waals surface area contributed by atoms with Gasteiger partial charge in [0.2, 0.25) is 17.7 Å². The molecule has 9 N–H and O–H groups in total. The van der Waals surface area contributed by atoms with E-state index in [1.807, 2.05) is 24.3 Å². The van der Waals surface area contributed by atoms with Crippen molar-refractivity contribution in [1.29, 1.82) is 0 Å². The third-order valence-electron chi connectivity index (χ3n) is 5.78. The maximum absolute atomic E-state index is 12.9. The second-order valence-electron chi connectivity index (χ2n) is 8.98. The maximum atomic E-state index is 12.9. The van der Waals surface area contributed by atoms with Crippen LogP contribution in [0.4, 0.5) is 0 Å². The standard InChI is InChI=1S/C24H33N5O8/c1-12(2)20(29-21(33)15(25)9-13-10-26-16-6-4-3-5-14(13)16)23(35)28-18(11-30)22(34)27-17(24(36)37)7-8-19(31)32/h3-6,10,12,15,17-18,20,26,30H,7-9,11,25H2,1-2H3,(H,27,34)(H,28,35)(H,29,33)(H,31,32)(H,36,37). The summed E-state index contributed by atoms with van der Waals surface area (Å²) in [4.78, 5) is 63.3. The summed E-state index contributed by atoms with van der Waals surface area (Å²) in [6.45, 7) is 2.47. The van der Waals surface area contributed by atoms with Gasteiger partial charge in [-0.05, 0) is 30.4 Å². The van der Waals surface area contributed by atoms with Crippen LogP contribution in [0.15, 0.2) is 30.5 Å². The van der Waals surface area contributed by atoms with Gasteiger partial charge in [-0.3, -0.25) is 19.2 Å². The van der Waals surface area contributed by atoms with Gasteiger partial charge >= 0.3 is 11.9 Å². The molecule has 2 rings (SSSR count). The third-order valence-corrected chi connectivity index (χ3v) is 5.78. The number of aliphatic hydroxyl groups is 1. The zero-order chi connectivity index (χ0) is 27.7. The monoisotopic (exact) mass is 519 g/mol. The Morgan fingerprint density at radius 1 is 0.946 bits per heavy atom. The Bertz CT molecular complexity index is 1130. The van der Waals surface area contributed by atoms with E-state index in [-0.39, 0.29) is 12.8 Å². The molecule has 0 bridgehead atoms. The van der Waals surface area contributed by atoms with Gasteiger partial charge < -0.3 is 42.0 Å². The Morgan fingerprint density at radius 2 is 1.59 bits per heavy atom. The highest BCUT2D eigenvalue weighted by Gasteiger charge is 2.31. The molecule has 0 spiro atoms. The largest absolute Gasteiger partial charge is 0.481 e. The topological polar surface area (TPSA) is 224 Å². The van der Waals surface area contributed by atoms with Crippen LogP contribution in [0.1, 0.15) is 32.3 Å². The predicted octanol–water partition coefficient (Wildman–Crippen LogP) is -0.910. The van der Waals surface area contributed by atoms with Crippen molar-refractivity contribution in [1.82, 2.24) is 20.9 Å². The lowest BCUT2D eigenvalue weighted by Gasteiger charge is -2.26. The van der Waals surface area contributed by atoms with E-state index in [1.165, 1.54) is 0 Å². The second kappa shape index (κ2) is 13.4. The molecule has 0 saturated carbocycles. The van der Waals surface area contributed by atoms with Crippen molar-refractivity contribution < 1.29 is 39.3 Å². The number of aliphatic hydroxyl groups excluding tert-OH is 1. The van der Waals surface area contributed by atoms with Crippen LogP contribution in [0, 0.1) is 5.92 Å². The number of aliphatic carboxylic acids is 2. The average Bonchev–Trinajstić information content (AvgIpc) is 3.25. The number of fused-ring (bicyclic) bond motifs is 1. The number of hydrogen-bond donors (Lipinski definition) is 8. The van der Waals surface area contributed by atoms with Gasteiger partial charge in [0.1, 0.15) is 18.1 Å². The molecule has 0 aliphatic rings. The van der Waals surface area contributed by atoms with E-state index in [9.17, 15) is 34.2 Å². The number of hydrogen-bond acceptors (Lipinski definition) is 7. The van der Waals surface area contributed by atoms with Crippen LogP contribution >= 0.6 is 0 Å². The number of carboxylic acids is 2. The van der Waals surface area contributed by atoms with Crippen molar-refractivity contribution in [3.05, 3.63) is 36.0 Å². The lowest BCUT2D eigenvalue weighted by atomic mass is 10.0. The molecule has 0 saturated heterocycles. The number of para-hydroxylation sites is 1. The number of H-pyrrole nitrogens is 1. The Labute approximate surface area is 212 Å². The predicted molar refractivity (Wildman–Crippen MR) is 132 cm³/mol. The number of aromatic nitrogens is 1. The number of nitrogens with one attached hydrogen (secondary N) is 4. The van der Waals surface area contributed by atoms with Gasteiger partial charge in [0.25, 0.3) is 0 Å². The smallest absolute Gasteiger partial charge is 0.326 e. The molecular weight excluding hydrogens is 486 g/mol. The van der Waals surface area contributed by atoms with Crippen molar-refractivity contribution in [2.75, 3.05) is 6.61 Å². The van der Waals surface area contributed by atoms with Gasteiger partial charge in [-0.25, -0.2) is 4.79 Å². The fourth-order valence-corrected chi connectivity index (χ4v) is 3.68. The highest BCUT2D eigenvalue weighted by Crippen LogP contribution is 2.19. The number of amides is 3. The summed E-state index contributed by atoms with van der Waals surface area (Å²) in [6.07, 6.45) is 1.07. The van der Waals surface area contributed by atoms with Crippen molar-refractivity contribution in [3.63, 3.8) is 0 Å². The summed E-state index contributed by atoms with van der Waals surface area (Å²) >= 11 is 0. The van der Waals surface area contributed by atoms with E-state index in [2.05, 4.69) is 20.9 Å². The third kappa shape index (κ3) is 8.29. The first-order chi connectivity index (χ1) is 17.4. The average molecular weight is 520 g/mol. The molecule has 1 heterocycles. The fraction of sp³-hybridized carbons (Fsp3) is 0.458. The van der Waals surface area contributed by atoms with E-state index in [4.69, 9.17) is 10.8 Å². The SMILES string of the molecule is CC(C)C(NC(=O)C(N)Cc1c[nH]c2ccccc12)C(=O)NC(CO)C(=O)NC(CCC(=O)O)C(=O)O. The minimum Gasteiger partial charge on any atom is -0.481 e. The number of benzene rings is 1. The van der Waals surface area contributed by atoms with Gasteiger partial charge in [-0.2, -0.15) is 0 Å². The first-order valence-corrected chi connectivity index (χ1v) is 11.7. The minimum absolute atomic E-state index is 0.205. The molecular formula is C24H33N5O8. The summed E-state index contributed by atoms with van der Waals surface area (Å²) in [5, 5.41) is 35.5. The van der Waals surface area contributed by atoms with Crippen molar-refractivity contribution in [3.8, 4) is 0 Å². The molecule has 13 nitrogen and oxygen atoms in total. The lowest BCUT2D eigenvalue weighted by Crippen LogP contribution is -2.59. The van der Waals surface area contributed by atoms with Gasteiger partial charge in [0.15, 0.2) is 0 Å². The van der Waals surface area contributed by atoms with Gasteiger partial charge in [-0.1, -0.05) is 32.0 Å². The first kappa shape index (κ1) is 29.3. The molecule has 3 amide bonds. The fourth-order valence-electron chi connectivity index (χ4n) is 3.68. The molecule has 4 atom stereocenters. The minimum atomic E-state index is -1.53. The number of rotatable bonds is 14. The van der Waals surface area contributed by atoms with Crippen LogP contribution in [0.3, 0.4) is 0 Å². The summed E-state index contributed by atoms with van der Waals surface area (Å²) in [5.74, 6) is -5.52. The molecule has 4 unspecified atom stereocenters. The summed E-state index contributed by atoms with van der Waals surface area (Å²) in [7, 11) is 0. The zero-order valence-electron chi connectivity index (χ0n) is 20.6. The van der Waals surface area contributed by atoms with E-state index in [0.717, 1.165) is 16.5 Å². The van der Waals surface area contributed by atoms with Gasteiger partial charge in [-0.15, -0.1) is 0 Å². The summed E-state index contributed by atoms with van der Waals surface area (Å²) in [6, 6.07) is 2.38. The van der Waals surface area contributed by atoms with E-state index in [1.54, 1.807) is 20.0 Å². The molecule has 13 heteroatoms. The highest BCUT2D eigenvalue weighted by molar-refractivity contribution is 5.94. The number of aromatic amines is 1. The van der Waals surface area contributed by atoms with Crippen molar-refractivity contribution in [2.24, 2.45) is 11.7 Å². The Kier molecular flexibility index (Phi) is 10.6. The van der Waals surface area contributed by atoms with Crippen LogP contribution < -0.4 is 21.7 Å². The Balaban J connectivity index is 2.02. The second-order valence-corrected chi connectivity index (χ2v) is 8.98. The summed E-state index contributed by atoms with van der Waals surface area (Å²) < 4.78 is 0. The molecule has 37 heavy (non-hydrogen) atoms. The van der Waals surface area contributed by atoms with Crippen LogP contribution in [-0.4, -0.2) is 80.7 Å². The van der Waals surface area contributed by atoms with Crippen molar-refractivity contribution >= 4 is 40.6 Å². The molecule has 0 radical (unpaired) electrons. The molecule has 0 fully saturated rings. The van der Waals surface area contributed by atoms with E-state index in [0.29, 0.717) is 0 Å². The highest BCUT2D eigenvalue weighted by atomic mass is 16.4. The lowest BCUT2D eigenvalue weighted by molar-refractivity contribution is -0.143. The molecule has 1 aromatic heterocycles. The van der Waals surface area contributed by atoms with Crippen LogP contribution in [0.5, 0.6) is 0 Å². The number of carbonyl (C=O) groups excluding carboxylic acids is 3. The molecule has 2 aromatic rings. The van der Waals surface area contributed by atoms with E-state index >= 15 is 0 Å². The molecule has 1 aromatic carbocycles. The Morgan fingerprint density at radius 3 is 2.19 bits per heavy atom. The van der Waals surface area contributed by atoms with Crippen LogP contribution in [0.2, 0.25) is 0 Å². The maximum Gasteiger partial charge on any atom is 0.326 e. The number of carbonyl (C=O) groups is 5. The molecule has 202 valence electrons. The van der Waals surface area contributed by atoms with Crippen LogP contribution in [0.25, 0.3) is 10.9 Å². The Hall–Kier alpha value is -3.97. The number of nitrogens with two attached hydrogens (primary N) is 1. The zero-order valence-corrected chi connectivity index (χ0v) is 20.6. The molecule has 0 aliphatic heterocycles. The van der Waals surface area contributed by atoms with Crippen LogP contribution in [-0.2, 0) is 30.4 Å². The normalized spacial score (nSPS) is 14.4. The van der Waals surface area contributed by atoms with E-state index < -0.39 is 72.8 Å². The first-order valence-electron chi connectivity index (χ1n) is 11.7. The van der Waals surface area contributed by atoms with Crippen molar-refractivity contribution in [2.45, 2.75) is 57.3 Å². The van der Waals surface area contributed by atoms with Gasteiger partial charge in [0, 0.05) is 23.5 Å². The van der Waals surface area contributed by atoms with Gasteiger partial charge in [0.05, 0.1) is 12.6 Å². The summed E-state index contributed by atoms with van der Waals surface area (Å²) in [5.41, 5.74) is 7.82.